The van der Waals surface area contributed by atoms with Crippen LogP contribution in [0.4, 0.5) is 5.13 Å². The van der Waals surface area contributed by atoms with Gasteiger partial charge >= 0.3 is 0 Å². The minimum Gasteiger partial charge on any atom is -0.339 e. The number of halogens is 1. The molecule has 0 bridgehead atoms. The lowest BCUT2D eigenvalue weighted by Gasteiger charge is -2.34. The van der Waals surface area contributed by atoms with Gasteiger partial charge in [0.05, 0.1) is 17.7 Å². The van der Waals surface area contributed by atoms with Crippen LogP contribution in [0.15, 0.2) is 40.2 Å². The molecule has 7 nitrogen and oxygen atoms in total. The maximum absolute atomic E-state index is 12.1. The minimum atomic E-state index is -0.432. The van der Waals surface area contributed by atoms with Crippen molar-refractivity contribution >= 4 is 34.8 Å². The van der Waals surface area contributed by atoms with E-state index in [1.54, 1.807) is 12.1 Å². The molecule has 3 aromatic rings. The van der Waals surface area contributed by atoms with Crippen molar-refractivity contribution in [1.82, 2.24) is 15.1 Å². The summed E-state index contributed by atoms with van der Waals surface area (Å²) in [6.07, 6.45) is 3.29. The van der Waals surface area contributed by atoms with Gasteiger partial charge in [-0.2, -0.15) is 4.98 Å². The lowest BCUT2D eigenvalue weighted by atomic mass is 9.77. The molecule has 0 spiro atoms. The molecule has 1 fully saturated rings. The van der Waals surface area contributed by atoms with Crippen molar-refractivity contribution < 1.29 is 9.32 Å². The first-order valence-electron chi connectivity index (χ1n) is 8.05. The topological polar surface area (TPSA) is 107 Å². The van der Waals surface area contributed by atoms with Crippen LogP contribution < -0.4 is 11.1 Å². The Kier molecular flexibility index (Phi) is 5.36. The van der Waals surface area contributed by atoms with Gasteiger partial charge in [-0.15, -0.1) is 23.7 Å². The van der Waals surface area contributed by atoms with Crippen molar-refractivity contribution in [2.45, 2.75) is 31.2 Å². The van der Waals surface area contributed by atoms with Crippen LogP contribution in [-0.4, -0.2) is 21.0 Å². The van der Waals surface area contributed by atoms with Crippen LogP contribution in [0, 0.1) is 0 Å². The Labute approximate surface area is 160 Å². The van der Waals surface area contributed by atoms with Crippen molar-refractivity contribution in [3.05, 3.63) is 58.7 Å². The molecule has 4 rings (SSSR count). The number of nitrogens with two attached hydrogens (primary N) is 1. The molecule has 1 aromatic carbocycles. The third-order valence-electron chi connectivity index (χ3n) is 4.30. The zero-order valence-electron chi connectivity index (χ0n) is 13.8. The fourth-order valence-corrected chi connectivity index (χ4v) is 3.37. The van der Waals surface area contributed by atoms with E-state index in [0.717, 1.165) is 25.0 Å². The highest BCUT2D eigenvalue weighted by Crippen LogP contribution is 2.37. The van der Waals surface area contributed by atoms with Gasteiger partial charge in [0, 0.05) is 10.9 Å². The summed E-state index contributed by atoms with van der Waals surface area (Å²) >= 11 is 1.36. The summed E-state index contributed by atoms with van der Waals surface area (Å²) in [4.78, 5) is 20.9. The Bertz CT molecular complexity index is 891. The quantitative estimate of drug-likeness (QED) is 0.691. The van der Waals surface area contributed by atoms with Crippen LogP contribution in [0.5, 0.6) is 0 Å². The van der Waals surface area contributed by atoms with Gasteiger partial charge in [-0.05, 0) is 31.4 Å². The molecule has 0 atom stereocenters. The van der Waals surface area contributed by atoms with Crippen LogP contribution in [0.25, 0.3) is 0 Å². The highest BCUT2D eigenvalue weighted by atomic mass is 35.5. The summed E-state index contributed by atoms with van der Waals surface area (Å²) in [6.45, 7) is 0. The summed E-state index contributed by atoms with van der Waals surface area (Å²) < 4.78 is 5.29. The lowest BCUT2D eigenvalue weighted by molar-refractivity contribution is 0.102. The van der Waals surface area contributed by atoms with E-state index in [4.69, 9.17) is 10.3 Å². The number of benzene rings is 1. The van der Waals surface area contributed by atoms with Gasteiger partial charge in [-0.1, -0.05) is 23.4 Å². The van der Waals surface area contributed by atoms with Gasteiger partial charge in [0.1, 0.15) is 0 Å². The number of amides is 1. The molecule has 2 heterocycles. The van der Waals surface area contributed by atoms with E-state index in [0.29, 0.717) is 28.8 Å². The number of anilines is 1. The molecule has 136 valence electrons. The van der Waals surface area contributed by atoms with Crippen LogP contribution >= 0.6 is 23.7 Å². The molecule has 2 aromatic heterocycles. The predicted octanol–water partition coefficient (Wildman–Crippen LogP) is 3.13. The largest absolute Gasteiger partial charge is 0.339 e. The molecule has 3 N–H and O–H groups in total. The number of nitrogens with zero attached hydrogens (tertiary/aromatic N) is 3. The van der Waals surface area contributed by atoms with Crippen molar-refractivity contribution in [3.8, 4) is 0 Å². The smallest absolute Gasteiger partial charge is 0.257 e. The lowest BCUT2D eigenvalue weighted by Crippen LogP contribution is -2.44. The van der Waals surface area contributed by atoms with Gasteiger partial charge in [0.15, 0.2) is 11.0 Å². The second kappa shape index (κ2) is 7.53. The average Bonchev–Trinajstić information content (AvgIpc) is 3.24. The fourth-order valence-electron chi connectivity index (χ4n) is 2.67. The first-order chi connectivity index (χ1) is 12.1. The Hall–Kier alpha value is -2.29. The second-order valence-corrected chi connectivity index (χ2v) is 7.02. The van der Waals surface area contributed by atoms with Crippen molar-refractivity contribution in [2.75, 3.05) is 5.32 Å². The molecule has 26 heavy (non-hydrogen) atoms. The fraction of sp³-hybridized carbons (Fsp3) is 0.294. The molecule has 1 saturated carbocycles. The molecule has 0 unspecified atom stereocenters. The number of hydrogen-bond acceptors (Lipinski definition) is 7. The van der Waals surface area contributed by atoms with Crippen LogP contribution in [-0.2, 0) is 12.0 Å². The van der Waals surface area contributed by atoms with Gasteiger partial charge in [0.2, 0.25) is 5.89 Å². The molecule has 1 aliphatic carbocycles. The molecular weight excluding hydrogens is 374 g/mol. The van der Waals surface area contributed by atoms with Crippen molar-refractivity contribution in [1.29, 1.82) is 0 Å². The maximum Gasteiger partial charge on any atom is 0.257 e. The first-order valence-corrected chi connectivity index (χ1v) is 8.93. The van der Waals surface area contributed by atoms with Gasteiger partial charge in [-0.3, -0.25) is 10.1 Å². The molecule has 9 heteroatoms. The monoisotopic (exact) mass is 391 g/mol. The molecule has 0 aliphatic heterocycles. The number of hydrogen-bond donors (Lipinski definition) is 2. The summed E-state index contributed by atoms with van der Waals surface area (Å²) in [5.41, 5.74) is 7.13. The predicted molar refractivity (Wildman–Crippen MR) is 101 cm³/mol. The number of aromatic nitrogens is 3. The normalized spacial score (nSPS) is 15.0. The first kappa shape index (κ1) is 18.5. The highest BCUT2D eigenvalue weighted by Gasteiger charge is 2.38. The summed E-state index contributed by atoms with van der Waals surface area (Å²) in [7, 11) is 0. The Morgan fingerprint density at radius 3 is 2.73 bits per heavy atom. The highest BCUT2D eigenvalue weighted by molar-refractivity contribution is 7.14. The number of carbonyl (C=O) groups excluding carboxylic acids is 1. The molecule has 1 aliphatic rings. The van der Waals surface area contributed by atoms with E-state index in [9.17, 15) is 4.79 Å². The van der Waals surface area contributed by atoms with E-state index in [2.05, 4.69) is 20.4 Å². The standard InChI is InChI=1S/C17H17N5O2S.ClH/c18-17(7-4-8-17)15-20-13(24-22-15)9-12-10-25-16(19-12)21-14(23)11-5-2-1-3-6-11;/h1-3,5-6,10H,4,7-9,18H2,(H,19,21,23);1H. The zero-order valence-corrected chi connectivity index (χ0v) is 15.5. The van der Waals surface area contributed by atoms with E-state index in [-0.39, 0.29) is 18.3 Å². The van der Waals surface area contributed by atoms with E-state index in [1.165, 1.54) is 11.3 Å². The maximum atomic E-state index is 12.1. The van der Waals surface area contributed by atoms with Crippen LogP contribution in [0.2, 0.25) is 0 Å². The van der Waals surface area contributed by atoms with Gasteiger partial charge < -0.3 is 10.3 Å². The zero-order chi connectivity index (χ0) is 17.3. The number of carbonyl (C=O) groups is 1. The second-order valence-electron chi connectivity index (χ2n) is 6.16. The number of thiazole rings is 1. The van der Waals surface area contributed by atoms with E-state index in [1.807, 2.05) is 23.6 Å². The summed E-state index contributed by atoms with van der Waals surface area (Å²) in [6, 6.07) is 9.02. The van der Waals surface area contributed by atoms with Gasteiger partial charge in [0.25, 0.3) is 5.91 Å². The summed E-state index contributed by atoms with van der Waals surface area (Å²) in [5.74, 6) is 0.871. The van der Waals surface area contributed by atoms with Gasteiger partial charge in [-0.25, -0.2) is 4.98 Å². The average molecular weight is 392 g/mol. The number of rotatable bonds is 5. The molecule has 0 radical (unpaired) electrons. The minimum absolute atomic E-state index is 0. The van der Waals surface area contributed by atoms with Crippen LogP contribution in [0.3, 0.4) is 0 Å². The summed E-state index contributed by atoms with van der Waals surface area (Å²) in [5, 5.41) is 9.20. The Morgan fingerprint density at radius 1 is 1.27 bits per heavy atom. The third kappa shape index (κ3) is 3.77. The molecular formula is C17H18ClN5O2S. The molecule has 0 saturated heterocycles. The van der Waals surface area contributed by atoms with E-state index < -0.39 is 5.54 Å². The Morgan fingerprint density at radius 2 is 2.04 bits per heavy atom. The molecule has 1 amide bonds. The van der Waals surface area contributed by atoms with Crippen LogP contribution in [0.1, 0.15) is 47.0 Å². The van der Waals surface area contributed by atoms with Crippen molar-refractivity contribution in [3.63, 3.8) is 0 Å². The van der Waals surface area contributed by atoms with E-state index >= 15 is 0 Å². The third-order valence-corrected chi connectivity index (χ3v) is 5.11. The van der Waals surface area contributed by atoms with Crippen molar-refractivity contribution in [2.24, 2.45) is 5.73 Å². The number of nitrogens with one attached hydrogen (secondary N) is 1. The Balaban J connectivity index is 0.00000196. The SMILES string of the molecule is Cl.NC1(c2noc(Cc3csc(NC(=O)c4ccccc4)n3)n2)CCC1.